The molecule has 94 valence electrons. The first-order valence-electron chi connectivity index (χ1n) is 4.88. The average Bonchev–Trinajstić information content (AvgIpc) is 2.31. The van der Waals surface area contributed by atoms with E-state index in [1.165, 1.54) is 0 Å². The first-order valence-corrected chi connectivity index (χ1v) is 6.06. The van der Waals surface area contributed by atoms with Crippen LogP contribution in [-0.2, 0) is 0 Å². The molecule has 0 radical (unpaired) electrons. The van der Waals surface area contributed by atoms with Crippen LogP contribution in [0.4, 0.5) is 4.39 Å². The van der Waals surface area contributed by atoms with Crippen molar-refractivity contribution in [2.45, 2.75) is 6.92 Å². The largest absolute Gasteiger partial charge is 0.334 e. The van der Waals surface area contributed by atoms with E-state index in [1.807, 2.05) is 0 Å². The van der Waals surface area contributed by atoms with Crippen molar-refractivity contribution in [2.75, 3.05) is 0 Å². The first kappa shape index (κ1) is 13.0. The summed E-state index contributed by atoms with van der Waals surface area (Å²) in [5.41, 5.74) is -0.792. The number of halogens is 3. The van der Waals surface area contributed by atoms with Crippen molar-refractivity contribution < 1.29 is 4.39 Å². The fourth-order valence-corrected chi connectivity index (χ4v) is 2.09. The van der Waals surface area contributed by atoms with E-state index in [0.717, 1.165) is 5.56 Å². The summed E-state index contributed by atoms with van der Waals surface area (Å²) in [6.45, 7) is 1.79. The average molecular weight is 334 g/mol. The molecule has 1 aromatic heterocycles. The predicted octanol–water partition coefficient (Wildman–Crippen LogP) is 2.39. The highest BCUT2D eigenvalue weighted by molar-refractivity contribution is 9.10. The quantitative estimate of drug-likeness (QED) is 0.815. The Balaban J connectivity index is 2.88. The predicted molar refractivity (Wildman–Crippen MR) is 70.1 cm³/mol. The maximum absolute atomic E-state index is 13.4. The number of benzene rings is 1. The second-order valence-corrected chi connectivity index (χ2v) is 4.89. The van der Waals surface area contributed by atoms with Gasteiger partial charge in [0.1, 0.15) is 0 Å². The van der Waals surface area contributed by atoms with Gasteiger partial charge < -0.3 is 0 Å². The summed E-state index contributed by atoms with van der Waals surface area (Å²) < 4.78 is 14.6. The lowest BCUT2D eigenvalue weighted by molar-refractivity contribution is 0.584. The van der Waals surface area contributed by atoms with Crippen LogP contribution in [0.1, 0.15) is 5.56 Å². The minimum Gasteiger partial charge on any atom is -0.295 e. The smallest absolute Gasteiger partial charge is 0.295 e. The Bertz CT molecular complexity index is 739. The van der Waals surface area contributed by atoms with Crippen LogP contribution in [0.15, 0.2) is 32.3 Å². The summed E-state index contributed by atoms with van der Waals surface area (Å²) in [5, 5.41) is -0.593. The Morgan fingerprint density at radius 3 is 2.72 bits per heavy atom. The monoisotopic (exact) mass is 332 g/mol. The van der Waals surface area contributed by atoms with Gasteiger partial charge in [-0.15, -0.1) is 0 Å². The zero-order valence-electron chi connectivity index (χ0n) is 9.13. The molecule has 0 unspecified atom stereocenters. The van der Waals surface area contributed by atoms with Gasteiger partial charge in [0.15, 0.2) is 5.15 Å². The summed E-state index contributed by atoms with van der Waals surface area (Å²) in [6.07, 6.45) is 0. The van der Waals surface area contributed by atoms with Crippen LogP contribution in [0.3, 0.4) is 0 Å². The molecule has 2 aromatic rings. The topological polar surface area (TPSA) is 54.9 Å². The number of rotatable bonds is 1. The van der Waals surface area contributed by atoms with Crippen LogP contribution in [0, 0.1) is 12.7 Å². The van der Waals surface area contributed by atoms with E-state index in [1.54, 1.807) is 25.1 Å². The molecule has 0 aliphatic rings. The number of hydrogen-bond donors (Lipinski definition) is 1. The van der Waals surface area contributed by atoms with Crippen molar-refractivity contribution in [3.05, 3.63) is 60.0 Å². The molecule has 1 heterocycles. The van der Waals surface area contributed by atoms with E-state index in [4.69, 9.17) is 11.6 Å². The fourth-order valence-electron chi connectivity index (χ4n) is 1.50. The number of aromatic amines is 1. The third kappa shape index (κ3) is 2.13. The molecule has 0 atom stereocenters. The standard InChI is InChI=1S/C11H7BrClFN2O2/c1-5-2-3-6(12)7(4-5)16-10(17)8(14)9(13)15-11(16)18/h2-4H,1H3,(H,15,18). The Kier molecular flexibility index (Phi) is 3.41. The lowest BCUT2D eigenvalue weighted by Gasteiger charge is -2.08. The Morgan fingerprint density at radius 2 is 2.06 bits per heavy atom. The third-order valence-corrected chi connectivity index (χ3v) is 3.28. The molecular weight excluding hydrogens is 326 g/mol. The molecule has 0 aliphatic heterocycles. The van der Waals surface area contributed by atoms with Gasteiger partial charge in [-0.05, 0) is 40.5 Å². The highest BCUT2D eigenvalue weighted by atomic mass is 79.9. The highest BCUT2D eigenvalue weighted by Gasteiger charge is 2.15. The molecule has 0 saturated carbocycles. The van der Waals surface area contributed by atoms with Gasteiger partial charge in [0.05, 0.1) is 5.69 Å². The fraction of sp³-hybridized carbons (Fsp3) is 0.0909. The second-order valence-electron chi connectivity index (χ2n) is 3.65. The normalized spacial score (nSPS) is 10.7. The van der Waals surface area contributed by atoms with E-state index < -0.39 is 22.2 Å². The molecule has 0 spiro atoms. The molecule has 2 rings (SSSR count). The molecule has 0 aliphatic carbocycles. The maximum Gasteiger partial charge on any atom is 0.334 e. The molecule has 1 aromatic carbocycles. The van der Waals surface area contributed by atoms with Gasteiger partial charge in [0.2, 0.25) is 5.82 Å². The van der Waals surface area contributed by atoms with E-state index in [2.05, 4.69) is 20.9 Å². The number of aryl methyl sites for hydroxylation is 1. The Labute approximate surface area is 114 Å². The van der Waals surface area contributed by atoms with Crippen molar-refractivity contribution in [3.63, 3.8) is 0 Å². The van der Waals surface area contributed by atoms with Crippen LogP contribution >= 0.6 is 27.5 Å². The van der Waals surface area contributed by atoms with E-state index >= 15 is 0 Å². The Morgan fingerprint density at radius 1 is 1.39 bits per heavy atom. The highest BCUT2D eigenvalue weighted by Crippen LogP contribution is 2.20. The van der Waals surface area contributed by atoms with Gasteiger partial charge >= 0.3 is 5.69 Å². The van der Waals surface area contributed by atoms with Crippen LogP contribution < -0.4 is 11.2 Å². The van der Waals surface area contributed by atoms with Crippen LogP contribution in [-0.4, -0.2) is 9.55 Å². The van der Waals surface area contributed by atoms with Crippen molar-refractivity contribution in [2.24, 2.45) is 0 Å². The van der Waals surface area contributed by atoms with Crippen molar-refractivity contribution in [1.29, 1.82) is 0 Å². The van der Waals surface area contributed by atoms with E-state index in [9.17, 15) is 14.0 Å². The number of hydrogen-bond acceptors (Lipinski definition) is 2. The lowest BCUT2D eigenvalue weighted by atomic mass is 10.2. The van der Waals surface area contributed by atoms with Gasteiger partial charge in [0, 0.05) is 4.47 Å². The summed E-state index contributed by atoms with van der Waals surface area (Å²) in [4.78, 5) is 25.5. The molecule has 0 saturated heterocycles. The van der Waals surface area contributed by atoms with Gasteiger partial charge in [-0.1, -0.05) is 17.7 Å². The minimum absolute atomic E-state index is 0.261. The zero-order valence-corrected chi connectivity index (χ0v) is 11.5. The van der Waals surface area contributed by atoms with Gasteiger partial charge in [-0.25, -0.2) is 9.36 Å². The van der Waals surface area contributed by atoms with Gasteiger partial charge in [0.25, 0.3) is 5.56 Å². The van der Waals surface area contributed by atoms with Crippen LogP contribution in [0.5, 0.6) is 0 Å². The summed E-state index contributed by atoms with van der Waals surface area (Å²) in [7, 11) is 0. The van der Waals surface area contributed by atoms with Crippen molar-refractivity contribution in [3.8, 4) is 5.69 Å². The lowest BCUT2D eigenvalue weighted by Crippen LogP contribution is -2.36. The van der Waals surface area contributed by atoms with E-state index in [-0.39, 0.29) is 5.69 Å². The maximum atomic E-state index is 13.4. The molecule has 7 heteroatoms. The molecule has 18 heavy (non-hydrogen) atoms. The number of nitrogens with one attached hydrogen (secondary N) is 1. The van der Waals surface area contributed by atoms with Crippen LogP contribution in [0.25, 0.3) is 5.69 Å². The minimum atomic E-state index is -1.19. The van der Waals surface area contributed by atoms with Gasteiger partial charge in [-0.2, -0.15) is 4.39 Å². The van der Waals surface area contributed by atoms with Crippen LogP contribution in [0.2, 0.25) is 5.15 Å². The molecule has 0 bridgehead atoms. The number of H-pyrrole nitrogens is 1. The zero-order chi connectivity index (χ0) is 13.4. The Hall–Kier alpha value is -1.40. The van der Waals surface area contributed by atoms with E-state index in [0.29, 0.717) is 9.04 Å². The summed E-state index contributed by atoms with van der Waals surface area (Å²) in [5.74, 6) is -1.19. The third-order valence-electron chi connectivity index (χ3n) is 2.35. The molecule has 0 amide bonds. The number of nitrogens with zero attached hydrogens (tertiary/aromatic N) is 1. The number of aromatic nitrogens is 2. The summed E-state index contributed by atoms with van der Waals surface area (Å²) in [6, 6.07) is 5.05. The van der Waals surface area contributed by atoms with Crippen molar-refractivity contribution >= 4 is 27.5 Å². The van der Waals surface area contributed by atoms with Gasteiger partial charge in [-0.3, -0.25) is 9.78 Å². The molecule has 0 fully saturated rings. The second kappa shape index (κ2) is 4.70. The molecular formula is C11H7BrClFN2O2. The molecule has 4 nitrogen and oxygen atoms in total. The molecule has 1 N–H and O–H groups in total. The van der Waals surface area contributed by atoms with Crippen molar-refractivity contribution in [1.82, 2.24) is 9.55 Å². The summed E-state index contributed by atoms with van der Waals surface area (Å²) >= 11 is 8.60. The first-order chi connectivity index (χ1) is 8.41. The SMILES string of the molecule is Cc1ccc(Br)c(-n2c(=O)[nH]c(Cl)c(F)c2=O)c1.